The second kappa shape index (κ2) is 3.97. The van der Waals surface area contributed by atoms with Crippen molar-refractivity contribution in [2.75, 3.05) is 6.54 Å². The zero-order valence-electron chi connectivity index (χ0n) is 6.80. The molecule has 0 bridgehead atoms. The normalized spacial score (nSPS) is 12.8. The van der Waals surface area contributed by atoms with Gasteiger partial charge < -0.3 is 10.8 Å². The first kappa shape index (κ1) is 9.62. The van der Waals surface area contributed by atoms with Crippen molar-refractivity contribution in [1.29, 1.82) is 0 Å². The molecule has 0 amide bonds. The van der Waals surface area contributed by atoms with Crippen molar-refractivity contribution >= 4 is 5.69 Å². The maximum atomic E-state index is 10.4. The zero-order valence-corrected chi connectivity index (χ0v) is 6.80. The summed E-state index contributed by atoms with van der Waals surface area (Å²) in [5.74, 6) is 0. The number of nitrogens with one attached hydrogen (secondary N) is 1. The Morgan fingerprint density at radius 1 is 1.85 bits per heavy atom. The van der Waals surface area contributed by atoms with E-state index in [1.165, 1.54) is 0 Å². The Bertz CT molecular complexity index is 298. The van der Waals surface area contributed by atoms with Crippen molar-refractivity contribution in [3.63, 3.8) is 0 Å². The standard InChI is InChI=1S/C6H10N4O3/c7-2-1-5(11)6-4(10(12)13)3-8-9-6/h3,5,11H,1-2,7H2,(H,8,9). The van der Waals surface area contributed by atoms with E-state index in [0.29, 0.717) is 0 Å². The quantitative estimate of drug-likeness (QED) is 0.440. The second-order valence-electron chi connectivity index (χ2n) is 2.52. The van der Waals surface area contributed by atoms with Gasteiger partial charge in [-0.3, -0.25) is 15.2 Å². The molecule has 0 saturated heterocycles. The van der Waals surface area contributed by atoms with E-state index in [2.05, 4.69) is 10.2 Å². The summed E-state index contributed by atoms with van der Waals surface area (Å²) >= 11 is 0. The molecule has 1 rings (SSSR count). The van der Waals surface area contributed by atoms with Gasteiger partial charge in [0.1, 0.15) is 18.0 Å². The number of aliphatic hydroxyl groups is 1. The average molecular weight is 186 g/mol. The molecule has 0 aliphatic rings. The number of hydrogen-bond donors (Lipinski definition) is 3. The number of nitro groups is 1. The summed E-state index contributed by atoms with van der Waals surface area (Å²) in [6.45, 7) is 0.261. The number of H-pyrrole nitrogens is 1. The molecule has 4 N–H and O–H groups in total. The van der Waals surface area contributed by atoms with Gasteiger partial charge in [0.05, 0.1) is 4.92 Å². The van der Waals surface area contributed by atoms with Crippen molar-refractivity contribution < 1.29 is 10.0 Å². The highest BCUT2D eigenvalue weighted by molar-refractivity contribution is 5.33. The molecule has 1 aromatic rings. The lowest BCUT2D eigenvalue weighted by Gasteiger charge is -2.04. The fourth-order valence-electron chi connectivity index (χ4n) is 0.983. The molecule has 0 fully saturated rings. The molecule has 0 saturated carbocycles. The smallest absolute Gasteiger partial charge is 0.312 e. The molecule has 13 heavy (non-hydrogen) atoms. The molecule has 1 heterocycles. The molecule has 1 atom stereocenters. The van der Waals surface area contributed by atoms with Gasteiger partial charge in [0.25, 0.3) is 0 Å². The van der Waals surface area contributed by atoms with Gasteiger partial charge in [-0.2, -0.15) is 5.10 Å². The minimum Gasteiger partial charge on any atom is -0.386 e. The molecule has 0 aliphatic carbocycles. The topological polar surface area (TPSA) is 118 Å². The van der Waals surface area contributed by atoms with Gasteiger partial charge in [-0.05, 0) is 13.0 Å². The van der Waals surface area contributed by atoms with Crippen LogP contribution < -0.4 is 5.73 Å². The molecule has 0 aromatic carbocycles. The summed E-state index contributed by atoms with van der Waals surface area (Å²) in [5.41, 5.74) is 5.10. The van der Waals surface area contributed by atoms with E-state index in [4.69, 9.17) is 5.73 Å². The van der Waals surface area contributed by atoms with Crippen LogP contribution in [0.4, 0.5) is 5.69 Å². The Morgan fingerprint density at radius 2 is 2.54 bits per heavy atom. The van der Waals surface area contributed by atoms with Gasteiger partial charge >= 0.3 is 5.69 Å². The molecule has 0 radical (unpaired) electrons. The molecule has 7 nitrogen and oxygen atoms in total. The Kier molecular flexibility index (Phi) is 2.93. The van der Waals surface area contributed by atoms with Crippen LogP contribution in [0.15, 0.2) is 6.20 Å². The van der Waals surface area contributed by atoms with E-state index in [1.54, 1.807) is 0 Å². The van der Waals surface area contributed by atoms with Crippen LogP contribution in [0.3, 0.4) is 0 Å². The van der Waals surface area contributed by atoms with Crippen molar-refractivity contribution in [3.8, 4) is 0 Å². The van der Waals surface area contributed by atoms with Crippen LogP contribution >= 0.6 is 0 Å². The van der Waals surface area contributed by atoms with Crippen LogP contribution in [0.5, 0.6) is 0 Å². The third-order valence-corrected chi connectivity index (χ3v) is 1.62. The molecule has 7 heteroatoms. The first-order chi connectivity index (χ1) is 6.16. The van der Waals surface area contributed by atoms with Crippen LogP contribution in [0, 0.1) is 10.1 Å². The summed E-state index contributed by atoms with van der Waals surface area (Å²) in [5, 5.41) is 25.6. The zero-order chi connectivity index (χ0) is 9.84. The maximum absolute atomic E-state index is 10.4. The summed E-state index contributed by atoms with van der Waals surface area (Å²) in [4.78, 5) is 9.80. The number of aromatic nitrogens is 2. The predicted molar refractivity (Wildman–Crippen MR) is 43.9 cm³/mol. The third-order valence-electron chi connectivity index (χ3n) is 1.62. The molecule has 1 unspecified atom stereocenters. The number of rotatable bonds is 4. The first-order valence-electron chi connectivity index (χ1n) is 3.72. The number of aromatic amines is 1. The number of aliphatic hydroxyl groups excluding tert-OH is 1. The minimum atomic E-state index is -0.951. The van der Waals surface area contributed by atoms with E-state index in [9.17, 15) is 15.2 Å². The van der Waals surface area contributed by atoms with Crippen LogP contribution in [0.25, 0.3) is 0 Å². The Balaban J connectivity index is 2.86. The van der Waals surface area contributed by atoms with Gasteiger partial charge in [-0.1, -0.05) is 0 Å². The lowest BCUT2D eigenvalue weighted by atomic mass is 10.2. The third kappa shape index (κ3) is 2.01. The first-order valence-corrected chi connectivity index (χ1v) is 3.72. The predicted octanol–water partition coefficient (Wildman–Crippen LogP) is -0.300. The highest BCUT2D eigenvalue weighted by atomic mass is 16.6. The summed E-state index contributed by atoms with van der Waals surface area (Å²) in [6, 6.07) is 0. The second-order valence-corrected chi connectivity index (χ2v) is 2.52. The Hall–Kier alpha value is -1.47. The lowest BCUT2D eigenvalue weighted by molar-refractivity contribution is -0.386. The van der Waals surface area contributed by atoms with Gasteiger partial charge in [0, 0.05) is 0 Å². The summed E-state index contributed by atoms with van der Waals surface area (Å²) < 4.78 is 0. The molecule has 72 valence electrons. The highest BCUT2D eigenvalue weighted by Crippen LogP contribution is 2.23. The minimum absolute atomic E-state index is 0.107. The van der Waals surface area contributed by atoms with Crippen molar-refractivity contribution in [2.24, 2.45) is 5.73 Å². The molecule has 0 aliphatic heterocycles. The van der Waals surface area contributed by atoms with Gasteiger partial charge in [0.2, 0.25) is 0 Å². The monoisotopic (exact) mass is 186 g/mol. The van der Waals surface area contributed by atoms with E-state index < -0.39 is 11.0 Å². The van der Waals surface area contributed by atoms with Gasteiger partial charge in [0.15, 0.2) is 0 Å². The lowest BCUT2D eigenvalue weighted by Crippen LogP contribution is -2.08. The SMILES string of the molecule is NCCC(O)c1[nH]ncc1[N+](=O)[O-]. The Morgan fingerprint density at radius 3 is 3.08 bits per heavy atom. The van der Waals surface area contributed by atoms with E-state index >= 15 is 0 Å². The molecular weight excluding hydrogens is 176 g/mol. The summed E-state index contributed by atoms with van der Waals surface area (Å²) in [6.07, 6.45) is 0.380. The van der Waals surface area contributed by atoms with Crippen LogP contribution in [-0.2, 0) is 0 Å². The number of nitrogens with zero attached hydrogens (tertiary/aromatic N) is 2. The fraction of sp³-hybridized carbons (Fsp3) is 0.500. The fourth-order valence-corrected chi connectivity index (χ4v) is 0.983. The van der Waals surface area contributed by atoms with Gasteiger partial charge in [-0.25, -0.2) is 0 Å². The largest absolute Gasteiger partial charge is 0.386 e. The average Bonchev–Trinajstić information content (AvgIpc) is 2.52. The summed E-state index contributed by atoms with van der Waals surface area (Å²) in [7, 11) is 0. The van der Waals surface area contributed by atoms with Crippen molar-refractivity contribution in [1.82, 2.24) is 10.2 Å². The van der Waals surface area contributed by atoms with Crippen molar-refractivity contribution in [3.05, 3.63) is 22.0 Å². The molecular formula is C6H10N4O3. The van der Waals surface area contributed by atoms with Crippen LogP contribution in [0.1, 0.15) is 18.2 Å². The highest BCUT2D eigenvalue weighted by Gasteiger charge is 2.21. The van der Waals surface area contributed by atoms with Crippen molar-refractivity contribution in [2.45, 2.75) is 12.5 Å². The van der Waals surface area contributed by atoms with E-state index in [1.807, 2.05) is 0 Å². The molecule has 1 aromatic heterocycles. The van der Waals surface area contributed by atoms with E-state index in [0.717, 1.165) is 6.20 Å². The van der Waals surface area contributed by atoms with E-state index in [-0.39, 0.29) is 24.3 Å². The number of nitrogens with two attached hydrogens (primary N) is 1. The molecule has 0 spiro atoms. The number of hydrogen-bond acceptors (Lipinski definition) is 5. The van der Waals surface area contributed by atoms with Crippen LogP contribution in [0.2, 0.25) is 0 Å². The van der Waals surface area contributed by atoms with Crippen LogP contribution in [-0.4, -0.2) is 26.8 Å². The maximum Gasteiger partial charge on any atom is 0.312 e. The van der Waals surface area contributed by atoms with Gasteiger partial charge in [-0.15, -0.1) is 0 Å². The Labute approximate surface area is 73.7 Å².